The molecule has 0 spiro atoms. The van der Waals surface area contributed by atoms with Crippen LogP contribution in [0.25, 0.3) is 0 Å². The maximum absolute atomic E-state index is 11.5. The summed E-state index contributed by atoms with van der Waals surface area (Å²) in [6.45, 7) is 4.21. The predicted molar refractivity (Wildman–Crippen MR) is 73.6 cm³/mol. The van der Waals surface area contributed by atoms with E-state index in [-0.39, 0.29) is 12.4 Å². The number of hydrogen-bond donors (Lipinski definition) is 0. The van der Waals surface area contributed by atoms with Gasteiger partial charge >= 0.3 is 5.97 Å². The second kappa shape index (κ2) is 6.60. The molecule has 0 unspecified atom stereocenters. The Balaban J connectivity index is 3.08. The summed E-state index contributed by atoms with van der Waals surface area (Å²) in [6, 6.07) is 5.72. The van der Waals surface area contributed by atoms with Gasteiger partial charge in [0.1, 0.15) is 0 Å². The molecule has 0 bridgehead atoms. The van der Waals surface area contributed by atoms with E-state index in [4.69, 9.17) is 10.00 Å². The van der Waals surface area contributed by atoms with Gasteiger partial charge in [0, 0.05) is 3.57 Å². The highest BCUT2D eigenvalue weighted by molar-refractivity contribution is 14.1. The number of nitriles is 1. The lowest BCUT2D eigenvalue weighted by atomic mass is 10.00. The third-order valence-electron chi connectivity index (χ3n) is 2.41. The summed E-state index contributed by atoms with van der Waals surface area (Å²) in [7, 11) is 0. The van der Waals surface area contributed by atoms with Crippen molar-refractivity contribution in [3.63, 3.8) is 0 Å². The molecule has 0 aromatic heterocycles. The number of hydrogen-bond acceptors (Lipinski definition) is 3. The molecule has 0 fully saturated rings. The van der Waals surface area contributed by atoms with Crippen LogP contribution in [0.3, 0.4) is 0 Å². The summed E-state index contributed by atoms with van der Waals surface area (Å²) >= 11 is 2.20. The average Bonchev–Trinajstić information content (AvgIpc) is 2.28. The van der Waals surface area contributed by atoms with Crippen molar-refractivity contribution in [2.45, 2.75) is 26.7 Å². The van der Waals surface area contributed by atoms with E-state index < -0.39 is 0 Å². The lowest BCUT2D eigenvalue weighted by Crippen LogP contribution is -2.10. The van der Waals surface area contributed by atoms with E-state index in [0.29, 0.717) is 12.2 Å². The first-order valence-corrected chi connectivity index (χ1v) is 6.57. The van der Waals surface area contributed by atoms with Gasteiger partial charge in [0.2, 0.25) is 0 Å². The van der Waals surface area contributed by atoms with E-state index in [1.54, 1.807) is 13.0 Å². The second-order valence-electron chi connectivity index (χ2n) is 3.54. The summed E-state index contributed by atoms with van der Waals surface area (Å²) < 4.78 is 5.97. The number of benzene rings is 1. The van der Waals surface area contributed by atoms with Crippen LogP contribution in [0.5, 0.6) is 0 Å². The molecular weight excluding hydrogens is 329 g/mol. The Labute approximate surface area is 115 Å². The van der Waals surface area contributed by atoms with Crippen LogP contribution in [-0.4, -0.2) is 12.6 Å². The minimum atomic E-state index is -0.243. The van der Waals surface area contributed by atoms with Gasteiger partial charge in [-0.1, -0.05) is 6.92 Å². The summed E-state index contributed by atoms with van der Waals surface area (Å²) in [5.74, 6) is -0.243. The molecule has 0 saturated carbocycles. The number of carbonyl (C=O) groups is 1. The number of esters is 1. The molecule has 0 amide bonds. The molecule has 3 nitrogen and oxygen atoms in total. The molecule has 0 saturated heterocycles. The smallest absolute Gasteiger partial charge is 0.310 e. The number of halogens is 1. The minimum absolute atomic E-state index is 0.239. The Bertz CT molecular complexity index is 463. The van der Waals surface area contributed by atoms with Gasteiger partial charge in [0.05, 0.1) is 24.7 Å². The zero-order valence-corrected chi connectivity index (χ0v) is 12.1. The Morgan fingerprint density at radius 2 is 2.18 bits per heavy atom. The highest BCUT2D eigenvalue weighted by Gasteiger charge is 2.12. The topological polar surface area (TPSA) is 50.1 Å². The number of nitrogens with zero attached hydrogens (tertiary/aromatic N) is 1. The van der Waals surface area contributed by atoms with Crippen molar-refractivity contribution >= 4 is 28.6 Å². The minimum Gasteiger partial charge on any atom is -0.466 e. The number of carbonyl (C=O) groups excluding carboxylic acids is 1. The van der Waals surface area contributed by atoms with Crippen LogP contribution in [0.15, 0.2) is 12.1 Å². The van der Waals surface area contributed by atoms with Crippen molar-refractivity contribution in [2.24, 2.45) is 0 Å². The first-order valence-electron chi connectivity index (χ1n) is 5.49. The molecule has 1 rings (SSSR count). The van der Waals surface area contributed by atoms with E-state index in [1.807, 2.05) is 13.0 Å². The third kappa shape index (κ3) is 3.70. The third-order valence-corrected chi connectivity index (χ3v) is 3.37. The quantitative estimate of drug-likeness (QED) is 0.624. The molecule has 17 heavy (non-hydrogen) atoms. The summed E-state index contributed by atoms with van der Waals surface area (Å²) in [5, 5.41) is 8.92. The summed E-state index contributed by atoms with van der Waals surface area (Å²) in [4.78, 5) is 11.5. The maximum atomic E-state index is 11.5. The van der Waals surface area contributed by atoms with E-state index in [1.165, 1.54) is 0 Å². The van der Waals surface area contributed by atoms with Gasteiger partial charge in [-0.2, -0.15) is 5.26 Å². The van der Waals surface area contributed by atoms with E-state index in [9.17, 15) is 4.79 Å². The van der Waals surface area contributed by atoms with Gasteiger partial charge in [0.15, 0.2) is 0 Å². The Hall–Kier alpha value is -1.09. The molecule has 0 aliphatic rings. The van der Waals surface area contributed by atoms with E-state index >= 15 is 0 Å². The maximum Gasteiger partial charge on any atom is 0.310 e. The van der Waals surface area contributed by atoms with Crippen LogP contribution in [0, 0.1) is 14.9 Å². The SMILES string of the molecule is CCOC(=O)Cc1cc(C#N)cc(I)c1CC. The Morgan fingerprint density at radius 1 is 1.47 bits per heavy atom. The Morgan fingerprint density at radius 3 is 2.71 bits per heavy atom. The molecule has 1 aromatic carbocycles. The van der Waals surface area contributed by atoms with E-state index in [2.05, 4.69) is 28.7 Å². The molecule has 0 aliphatic heterocycles. The molecule has 0 N–H and O–H groups in total. The standard InChI is InChI=1S/C13H14INO2/c1-3-11-10(7-13(16)17-4-2)5-9(8-15)6-12(11)14/h5-6H,3-4,7H2,1-2H3. The Kier molecular flexibility index (Phi) is 5.42. The van der Waals surface area contributed by atoms with Crippen molar-refractivity contribution in [1.29, 1.82) is 5.26 Å². The number of rotatable bonds is 4. The van der Waals surface area contributed by atoms with Gasteiger partial charge in [0.25, 0.3) is 0 Å². The fourth-order valence-corrected chi connectivity index (χ4v) is 2.74. The molecule has 0 aliphatic carbocycles. The molecule has 4 heteroatoms. The highest BCUT2D eigenvalue weighted by atomic mass is 127. The van der Waals surface area contributed by atoms with Crippen LogP contribution in [0.1, 0.15) is 30.5 Å². The van der Waals surface area contributed by atoms with Crippen molar-refractivity contribution in [3.05, 3.63) is 32.4 Å². The lowest BCUT2D eigenvalue weighted by molar-refractivity contribution is -0.142. The van der Waals surface area contributed by atoms with Gasteiger partial charge in [-0.3, -0.25) is 4.79 Å². The van der Waals surface area contributed by atoms with Gasteiger partial charge in [-0.25, -0.2) is 0 Å². The monoisotopic (exact) mass is 343 g/mol. The normalized spacial score (nSPS) is 9.76. The first kappa shape index (κ1) is 14.0. The van der Waals surface area contributed by atoms with Gasteiger partial charge < -0.3 is 4.74 Å². The van der Waals surface area contributed by atoms with Crippen molar-refractivity contribution in [3.8, 4) is 6.07 Å². The zero-order chi connectivity index (χ0) is 12.8. The summed E-state index contributed by atoms with van der Waals surface area (Å²) in [5.41, 5.74) is 2.61. The fraction of sp³-hybridized carbons (Fsp3) is 0.385. The van der Waals surface area contributed by atoms with E-state index in [0.717, 1.165) is 21.1 Å². The van der Waals surface area contributed by atoms with Crippen LogP contribution in [-0.2, 0) is 22.4 Å². The van der Waals surface area contributed by atoms with Crippen LogP contribution in [0.4, 0.5) is 0 Å². The largest absolute Gasteiger partial charge is 0.466 e. The van der Waals surface area contributed by atoms with Crippen molar-refractivity contribution in [1.82, 2.24) is 0 Å². The first-order chi connectivity index (χ1) is 8.12. The molecule has 1 aromatic rings. The molecule has 0 radical (unpaired) electrons. The van der Waals surface area contributed by atoms with Crippen LogP contribution >= 0.6 is 22.6 Å². The molecule has 0 atom stereocenters. The molecule has 0 heterocycles. The fourth-order valence-electron chi connectivity index (χ4n) is 1.68. The van der Waals surface area contributed by atoms with Crippen LogP contribution < -0.4 is 0 Å². The molecular formula is C13H14INO2. The van der Waals surface area contributed by atoms with Crippen molar-refractivity contribution < 1.29 is 9.53 Å². The predicted octanol–water partition coefficient (Wildman–Crippen LogP) is 2.83. The summed E-state index contributed by atoms with van der Waals surface area (Å²) in [6.07, 6.45) is 1.08. The molecule has 90 valence electrons. The lowest BCUT2D eigenvalue weighted by Gasteiger charge is -2.10. The van der Waals surface area contributed by atoms with Crippen molar-refractivity contribution in [2.75, 3.05) is 6.61 Å². The van der Waals surface area contributed by atoms with Gasteiger partial charge in [-0.15, -0.1) is 0 Å². The number of ether oxygens (including phenoxy) is 1. The van der Waals surface area contributed by atoms with Crippen LogP contribution in [0.2, 0.25) is 0 Å². The highest BCUT2D eigenvalue weighted by Crippen LogP contribution is 2.21. The second-order valence-corrected chi connectivity index (χ2v) is 4.71. The zero-order valence-electron chi connectivity index (χ0n) is 9.92. The average molecular weight is 343 g/mol. The van der Waals surface area contributed by atoms with Gasteiger partial charge in [-0.05, 0) is 59.2 Å².